The van der Waals surface area contributed by atoms with Crippen LogP contribution in [0.25, 0.3) is 6.08 Å². The minimum absolute atomic E-state index is 0.106. The Balaban J connectivity index is 1.95. The number of rotatable bonds is 7. The molecule has 24 heavy (non-hydrogen) atoms. The first-order chi connectivity index (χ1) is 11.7. The molecule has 1 N–H and O–H groups in total. The zero-order valence-corrected chi connectivity index (χ0v) is 14.0. The molecule has 2 aromatic rings. The van der Waals surface area contributed by atoms with Crippen molar-refractivity contribution in [1.29, 1.82) is 0 Å². The van der Waals surface area contributed by atoms with Gasteiger partial charge in [0.25, 0.3) is 5.91 Å². The molecule has 0 fully saturated rings. The van der Waals surface area contributed by atoms with Gasteiger partial charge in [-0.2, -0.15) is 0 Å². The van der Waals surface area contributed by atoms with Crippen LogP contribution in [0.3, 0.4) is 0 Å². The molecule has 0 aromatic heterocycles. The standard InChI is InChI=1S/C19H21NO4/c1-4-5-14-6-11-17(18(12-14)23-3)24-13-19(21)20-15-7-9-16(22-2)10-8-15/h4-12H,13H2,1-3H3,(H,20,21)/b5-4+. The smallest absolute Gasteiger partial charge is 0.262 e. The number of carbonyl (C=O) groups is 1. The molecule has 0 aliphatic heterocycles. The molecule has 0 aliphatic rings. The zero-order valence-electron chi connectivity index (χ0n) is 14.0. The lowest BCUT2D eigenvalue weighted by atomic mass is 10.2. The second-order valence-electron chi connectivity index (χ2n) is 4.98. The molecule has 0 radical (unpaired) electrons. The van der Waals surface area contributed by atoms with Crippen molar-refractivity contribution in [1.82, 2.24) is 0 Å². The number of nitrogens with one attached hydrogen (secondary N) is 1. The lowest BCUT2D eigenvalue weighted by molar-refractivity contribution is -0.118. The molecule has 0 atom stereocenters. The molecular formula is C19H21NO4. The van der Waals surface area contributed by atoms with Crippen molar-refractivity contribution in [3.05, 3.63) is 54.1 Å². The van der Waals surface area contributed by atoms with Gasteiger partial charge < -0.3 is 19.5 Å². The molecule has 0 bridgehead atoms. The second-order valence-corrected chi connectivity index (χ2v) is 4.98. The van der Waals surface area contributed by atoms with Crippen LogP contribution in [0.4, 0.5) is 5.69 Å². The Labute approximate surface area is 141 Å². The summed E-state index contributed by atoms with van der Waals surface area (Å²) in [4.78, 5) is 12.0. The van der Waals surface area contributed by atoms with Gasteiger partial charge in [-0.05, 0) is 48.9 Å². The Morgan fingerprint density at radius 2 is 1.79 bits per heavy atom. The number of carbonyl (C=O) groups excluding carboxylic acids is 1. The summed E-state index contributed by atoms with van der Waals surface area (Å²) in [7, 11) is 3.16. The fraction of sp³-hybridized carbons (Fsp3) is 0.211. The predicted octanol–water partition coefficient (Wildman–Crippen LogP) is 3.75. The Morgan fingerprint density at radius 1 is 1.04 bits per heavy atom. The number of methoxy groups -OCH3 is 2. The van der Waals surface area contributed by atoms with Crippen LogP contribution in [0, 0.1) is 0 Å². The van der Waals surface area contributed by atoms with Crippen LogP contribution in [-0.2, 0) is 4.79 Å². The topological polar surface area (TPSA) is 56.8 Å². The summed E-state index contributed by atoms with van der Waals surface area (Å²) >= 11 is 0. The number of benzene rings is 2. The fourth-order valence-electron chi connectivity index (χ4n) is 2.11. The van der Waals surface area contributed by atoms with Crippen LogP contribution in [-0.4, -0.2) is 26.7 Å². The van der Waals surface area contributed by atoms with Gasteiger partial charge in [-0.15, -0.1) is 0 Å². The van der Waals surface area contributed by atoms with Gasteiger partial charge in [0.2, 0.25) is 0 Å². The summed E-state index contributed by atoms with van der Waals surface area (Å²) < 4.78 is 15.9. The number of allylic oxidation sites excluding steroid dienone is 1. The second kappa shape index (κ2) is 8.62. The molecule has 0 heterocycles. The quantitative estimate of drug-likeness (QED) is 0.841. The first-order valence-electron chi connectivity index (χ1n) is 7.53. The number of amides is 1. The van der Waals surface area contributed by atoms with Crippen molar-refractivity contribution in [2.75, 3.05) is 26.1 Å². The monoisotopic (exact) mass is 327 g/mol. The predicted molar refractivity (Wildman–Crippen MR) is 94.8 cm³/mol. The first kappa shape index (κ1) is 17.4. The largest absolute Gasteiger partial charge is 0.497 e. The fourth-order valence-corrected chi connectivity index (χ4v) is 2.11. The van der Waals surface area contributed by atoms with Crippen molar-refractivity contribution in [2.45, 2.75) is 6.92 Å². The van der Waals surface area contributed by atoms with E-state index in [0.29, 0.717) is 17.2 Å². The van der Waals surface area contributed by atoms with Gasteiger partial charge in [0.05, 0.1) is 14.2 Å². The van der Waals surface area contributed by atoms with Crippen molar-refractivity contribution in [2.24, 2.45) is 0 Å². The van der Waals surface area contributed by atoms with E-state index >= 15 is 0 Å². The lowest BCUT2D eigenvalue weighted by Gasteiger charge is -2.11. The van der Waals surface area contributed by atoms with E-state index in [2.05, 4.69) is 5.32 Å². The van der Waals surface area contributed by atoms with Gasteiger partial charge in [-0.25, -0.2) is 0 Å². The summed E-state index contributed by atoms with van der Waals surface area (Å²) in [5, 5.41) is 2.76. The van der Waals surface area contributed by atoms with E-state index in [1.807, 2.05) is 31.2 Å². The molecule has 5 heteroatoms. The molecule has 126 valence electrons. The minimum Gasteiger partial charge on any atom is -0.497 e. The van der Waals surface area contributed by atoms with E-state index in [0.717, 1.165) is 11.3 Å². The minimum atomic E-state index is -0.250. The molecule has 0 saturated carbocycles. The average molecular weight is 327 g/mol. The Hall–Kier alpha value is -2.95. The maximum Gasteiger partial charge on any atom is 0.262 e. The normalized spacial score (nSPS) is 10.5. The van der Waals surface area contributed by atoms with E-state index in [4.69, 9.17) is 14.2 Å². The summed E-state index contributed by atoms with van der Waals surface area (Å²) in [6, 6.07) is 12.6. The number of hydrogen-bond donors (Lipinski definition) is 1. The number of ether oxygens (including phenoxy) is 3. The summed E-state index contributed by atoms with van der Waals surface area (Å²) in [6.45, 7) is 1.84. The zero-order chi connectivity index (χ0) is 17.4. The SMILES string of the molecule is C/C=C/c1ccc(OCC(=O)Nc2ccc(OC)cc2)c(OC)c1. The van der Waals surface area contributed by atoms with Crippen LogP contribution in [0.5, 0.6) is 17.2 Å². The Morgan fingerprint density at radius 3 is 2.42 bits per heavy atom. The van der Waals surface area contributed by atoms with E-state index in [1.54, 1.807) is 44.6 Å². The van der Waals surface area contributed by atoms with Crippen molar-refractivity contribution < 1.29 is 19.0 Å². The van der Waals surface area contributed by atoms with Crippen molar-refractivity contribution in [3.63, 3.8) is 0 Å². The molecule has 5 nitrogen and oxygen atoms in total. The molecule has 2 aromatic carbocycles. The van der Waals surface area contributed by atoms with Crippen LogP contribution in [0.15, 0.2) is 48.5 Å². The van der Waals surface area contributed by atoms with Gasteiger partial charge in [0.15, 0.2) is 18.1 Å². The lowest BCUT2D eigenvalue weighted by Crippen LogP contribution is -2.20. The molecule has 0 unspecified atom stereocenters. The third-order valence-electron chi connectivity index (χ3n) is 3.28. The molecule has 2 rings (SSSR count). The highest BCUT2D eigenvalue weighted by Gasteiger charge is 2.08. The molecule has 0 spiro atoms. The third-order valence-corrected chi connectivity index (χ3v) is 3.28. The van der Waals surface area contributed by atoms with Gasteiger partial charge >= 0.3 is 0 Å². The Kier molecular flexibility index (Phi) is 6.25. The maximum absolute atomic E-state index is 12.0. The van der Waals surface area contributed by atoms with Gasteiger partial charge in [0, 0.05) is 5.69 Å². The van der Waals surface area contributed by atoms with Crippen molar-refractivity contribution in [3.8, 4) is 17.2 Å². The van der Waals surface area contributed by atoms with Crippen LogP contribution >= 0.6 is 0 Å². The summed E-state index contributed by atoms with van der Waals surface area (Å²) in [5.41, 5.74) is 1.68. The molecule has 0 aliphatic carbocycles. The van der Waals surface area contributed by atoms with Crippen LogP contribution < -0.4 is 19.5 Å². The van der Waals surface area contributed by atoms with Crippen molar-refractivity contribution >= 4 is 17.7 Å². The van der Waals surface area contributed by atoms with E-state index in [-0.39, 0.29) is 12.5 Å². The van der Waals surface area contributed by atoms with Gasteiger partial charge in [-0.1, -0.05) is 18.2 Å². The first-order valence-corrected chi connectivity index (χ1v) is 7.53. The van der Waals surface area contributed by atoms with Crippen LogP contribution in [0.2, 0.25) is 0 Å². The highest BCUT2D eigenvalue weighted by Crippen LogP contribution is 2.28. The maximum atomic E-state index is 12.0. The molecular weight excluding hydrogens is 306 g/mol. The van der Waals surface area contributed by atoms with Crippen LogP contribution in [0.1, 0.15) is 12.5 Å². The van der Waals surface area contributed by atoms with E-state index in [1.165, 1.54) is 0 Å². The van der Waals surface area contributed by atoms with E-state index < -0.39 is 0 Å². The number of anilines is 1. The summed E-state index contributed by atoms with van der Waals surface area (Å²) in [6.07, 6.45) is 3.90. The Bertz CT molecular complexity index is 708. The molecule has 1 amide bonds. The van der Waals surface area contributed by atoms with Gasteiger partial charge in [-0.3, -0.25) is 4.79 Å². The average Bonchev–Trinajstić information content (AvgIpc) is 2.61. The van der Waals surface area contributed by atoms with Gasteiger partial charge in [0.1, 0.15) is 5.75 Å². The number of hydrogen-bond acceptors (Lipinski definition) is 4. The highest BCUT2D eigenvalue weighted by atomic mass is 16.5. The third kappa shape index (κ3) is 4.78. The summed E-state index contributed by atoms with van der Waals surface area (Å²) in [5.74, 6) is 1.59. The highest BCUT2D eigenvalue weighted by molar-refractivity contribution is 5.91. The van der Waals surface area contributed by atoms with E-state index in [9.17, 15) is 4.79 Å². The molecule has 0 saturated heterocycles.